The van der Waals surface area contributed by atoms with E-state index in [4.69, 9.17) is 22.6 Å². The van der Waals surface area contributed by atoms with Crippen LogP contribution < -0.4 is 22.5 Å². The lowest BCUT2D eigenvalue weighted by molar-refractivity contribution is 0.399. The fourth-order valence-corrected chi connectivity index (χ4v) is 2.19. The molecule has 1 fully saturated rings. The van der Waals surface area contributed by atoms with E-state index in [2.05, 4.69) is 10.3 Å². The van der Waals surface area contributed by atoms with Crippen LogP contribution in [-0.4, -0.2) is 24.0 Å². The van der Waals surface area contributed by atoms with E-state index in [9.17, 15) is 0 Å². The summed E-state index contributed by atoms with van der Waals surface area (Å²) in [6.45, 7) is 0. The SMILES string of the molecule is N=C(N)NC1CCCC(N=C(N)N)CCC1. The van der Waals surface area contributed by atoms with Gasteiger partial charge in [0, 0.05) is 6.04 Å². The Morgan fingerprint density at radius 1 is 1.06 bits per heavy atom. The molecule has 1 saturated carbocycles. The maximum absolute atomic E-state index is 7.20. The molecular formula is C10H22N6. The van der Waals surface area contributed by atoms with Crippen LogP contribution in [0.3, 0.4) is 0 Å². The maximum Gasteiger partial charge on any atom is 0.186 e. The third kappa shape index (κ3) is 4.86. The van der Waals surface area contributed by atoms with Gasteiger partial charge in [-0.1, -0.05) is 0 Å². The van der Waals surface area contributed by atoms with Gasteiger partial charge >= 0.3 is 0 Å². The molecule has 0 atom stereocenters. The number of hydrogen-bond donors (Lipinski definition) is 5. The summed E-state index contributed by atoms with van der Waals surface area (Å²) in [5.74, 6) is 0.246. The minimum Gasteiger partial charge on any atom is -0.370 e. The standard InChI is InChI=1S/C10H22N6/c11-9(12)15-7-3-1-4-8(6-2-5-7)16-10(13)14/h7-8H,1-6H2,(H4,11,12,15)(H4,13,14,16). The van der Waals surface area contributed by atoms with E-state index < -0.39 is 0 Å². The van der Waals surface area contributed by atoms with Gasteiger partial charge in [-0.3, -0.25) is 10.4 Å². The van der Waals surface area contributed by atoms with Crippen molar-refractivity contribution in [2.24, 2.45) is 22.2 Å². The van der Waals surface area contributed by atoms with E-state index in [-0.39, 0.29) is 18.0 Å². The number of nitrogens with zero attached hydrogens (tertiary/aromatic N) is 1. The molecule has 0 aromatic carbocycles. The molecule has 16 heavy (non-hydrogen) atoms. The van der Waals surface area contributed by atoms with Crippen molar-refractivity contribution in [3.63, 3.8) is 0 Å². The third-order valence-corrected chi connectivity index (χ3v) is 2.87. The highest BCUT2D eigenvalue weighted by Crippen LogP contribution is 2.19. The highest BCUT2D eigenvalue weighted by Gasteiger charge is 2.16. The molecule has 0 heterocycles. The first-order valence-electron chi connectivity index (χ1n) is 5.77. The molecule has 6 heteroatoms. The summed E-state index contributed by atoms with van der Waals surface area (Å²) >= 11 is 0. The summed E-state index contributed by atoms with van der Waals surface area (Å²) in [4.78, 5) is 4.21. The van der Waals surface area contributed by atoms with Crippen LogP contribution in [-0.2, 0) is 0 Å². The second kappa shape index (κ2) is 6.19. The molecule has 0 aliphatic heterocycles. The first-order valence-corrected chi connectivity index (χ1v) is 5.77. The molecule has 1 aliphatic rings. The quantitative estimate of drug-likeness (QED) is 0.331. The molecule has 92 valence electrons. The third-order valence-electron chi connectivity index (χ3n) is 2.87. The summed E-state index contributed by atoms with van der Waals surface area (Å²) in [6.07, 6.45) is 6.19. The maximum atomic E-state index is 7.20. The van der Waals surface area contributed by atoms with Gasteiger partial charge in [0.05, 0.1) is 6.04 Å². The molecule has 1 aliphatic carbocycles. The summed E-state index contributed by atoms with van der Waals surface area (Å²) in [5, 5.41) is 10.2. The number of rotatable bonds is 2. The Morgan fingerprint density at radius 3 is 2.06 bits per heavy atom. The van der Waals surface area contributed by atoms with E-state index in [1.807, 2.05) is 0 Å². The van der Waals surface area contributed by atoms with Crippen molar-refractivity contribution in [3.8, 4) is 0 Å². The fraction of sp³-hybridized carbons (Fsp3) is 0.800. The van der Waals surface area contributed by atoms with Gasteiger partial charge in [0.15, 0.2) is 11.9 Å². The second-order valence-corrected chi connectivity index (χ2v) is 4.32. The normalized spacial score (nSPS) is 26.2. The predicted molar refractivity (Wildman–Crippen MR) is 66.1 cm³/mol. The van der Waals surface area contributed by atoms with Crippen LogP contribution >= 0.6 is 0 Å². The average molecular weight is 226 g/mol. The smallest absolute Gasteiger partial charge is 0.186 e. The van der Waals surface area contributed by atoms with Crippen LogP contribution in [0.1, 0.15) is 38.5 Å². The van der Waals surface area contributed by atoms with Gasteiger partial charge in [-0.05, 0) is 38.5 Å². The Morgan fingerprint density at radius 2 is 1.62 bits per heavy atom. The van der Waals surface area contributed by atoms with Crippen molar-refractivity contribution in [1.82, 2.24) is 5.32 Å². The molecule has 6 nitrogen and oxygen atoms in total. The molecule has 0 bridgehead atoms. The minimum absolute atomic E-state index is 0.0614. The molecule has 0 spiro atoms. The minimum atomic E-state index is 0.0614. The summed E-state index contributed by atoms with van der Waals surface area (Å²) in [6, 6.07) is 0.598. The van der Waals surface area contributed by atoms with Gasteiger partial charge in [0.1, 0.15) is 0 Å². The van der Waals surface area contributed by atoms with Crippen LogP contribution in [0.25, 0.3) is 0 Å². The number of guanidine groups is 2. The van der Waals surface area contributed by atoms with Gasteiger partial charge in [-0.25, -0.2) is 0 Å². The Balaban J connectivity index is 2.37. The van der Waals surface area contributed by atoms with Crippen molar-refractivity contribution in [2.75, 3.05) is 0 Å². The van der Waals surface area contributed by atoms with Gasteiger partial charge in [-0.15, -0.1) is 0 Å². The molecule has 0 aromatic heterocycles. The van der Waals surface area contributed by atoms with Crippen LogP contribution in [0, 0.1) is 5.41 Å². The predicted octanol–water partition coefficient (Wildman–Crippen LogP) is -0.166. The molecule has 8 N–H and O–H groups in total. The summed E-state index contributed by atoms with van der Waals surface area (Å²) in [5.41, 5.74) is 16.1. The zero-order valence-electron chi connectivity index (χ0n) is 9.58. The highest BCUT2D eigenvalue weighted by atomic mass is 15.1. The van der Waals surface area contributed by atoms with Gasteiger partial charge in [0.25, 0.3) is 0 Å². The van der Waals surface area contributed by atoms with E-state index in [0.717, 1.165) is 38.5 Å². The molecular weight excluding hydrogens is 204 g/mol. The lowest BCUT2D eigenvalue weighted by atomic mass is 9.94. The van der Waals surface area contributed by atoms with Crippen molar-refractivity contribution < 1.29 is 0 Å². The number of aliphatic imine (C=N–C) groups is 1. The van der Waals surface area contributed by atoms with E-state index in [1.165, 1.54) is 0 Å². The van der Waals surface area contributed by atoms with Crippen molar-refractivity contribution in [2.45, 2.75) is 50.6 Å². The Hall–Kier alpha value is -1.46. The van der Waals surface area contributed by atoms with E-state index >= 15 is 0 Å². The average Bonchev–Trinajstić information content (AvgIpc) is 2.11. The van der Waals surface area contributed by atoms with Crippen LogP contribution in [0.2, 0.25) is 0 Å². The van der Waals surface area contributed by atoms with Gasteiger partial charge in [0.2, 0.25) is 0 Å². The lowest BCUT2D eigenvalue weighted by Gasteiger charge is -2.23. The zero-order valence-corrected chi connectivity index (χ0v) is 9.58. The Kier molecular flexibility index (Phi) is 4.88. The van der Waals surface area contributed by atoms with Gasteiger partial charge in [-0.2, -0.15) is 0 Å². The first kappa shape index (κ1) is 12.6. The van der Waals surface area contributed by atoms with E-state index in [1.54, 1.807) is 0 Å². The second-order valence-electron chi connectivity index (χ2n) is 4.32. The molecule has 0 radical (unpaired) electrons. The molecule has 0 aromatic rings. The summed E-state index contributed by atoms with van der Waals surface area (Å²) in [7, 11) is 0. The van der Waals surface area contributed by atoms with Crippen molar-refractivity contribution >= 4 is 11.9 Å². The van der Waals surface area contributed by atoms with Crippen LogP contribution in [0.5, 0.6) is 0 Å². The van der Waals surface area contributed by atoms with Gasteiger partial charge < -0.3 is 22.5 Å². The molecule has 0 amide bonds. The number of nitrogens with two attached hydrogens (primary N) is 3. The van der Waals surface area contributed by atoms with Crippen molar-refractivity contribution in [1.29, 1.82) is 5.41 Å². The lowest BCUT2D eigenvalue weighted by Crippen LogP contribution is -2.40. The van der Waals surface area contributed by atoms with Crippen molar-refractivity contribution in [3.05, 3.63) is 0 Å². The van der Waals surface area contributed by atoms with E-state index in [0.29, 0.717) is 6.04 Å². The largest absolute Gasteiger partial charge is 0.370 e. The molecule has 0 saturated heterocycles. The molecule has 0 unspecified atom stereocenters. The summed E-state index contributed by atoms with van der Waals surface area (Å²) < 4.78 is 0. The fourth-order valence-electron chi connectivity index (χ4n) is 2.19. The monoisotopic (exact) mass is 226 g/mol. The number of hydrogen-bond acceptors (Lipinski definition) is 2. The Labute approximate surface area is 96.2 Å². The molecule has 1 rings (SSSR count). The number of nitrogens with one attached hydrogen (secondary N) is 2. The topological polar surface area (TPSA) is 126 Å². The highest BCUT2D eigenvalue weighted by molar-refractivity contribution is 5.75. The van der Waals surface area contributed by atoms with Crippen LogP contribution in [0.4, 0.5) is 0 Å². The van der Waals surface area contributed by atoms with Crippen LogP contribution in [0.15, 0.2) is 4.99 Å². The Bertz CT molecular complexity index is 248. The zero-order chi connectivity index (χ0) is 12.0. The first-order chi connectivity index (χ1) is 7.58.